The van der Waals surface area contributed by atoms with Crippen LogP contribution in [0.3, 0.4) is 0 Å². The maximum atomic E-state index is 14.0. The fourth-order valence-corrected chi connectivity index (χ4v) is 6.30. The number of halogens is 9. The van der Waals surface area contributed by atoms with Gasteiger partial charge in [0.15, 0.2) is 0 Å². The highest BCUT2D eigenvalue weighted by Crippen LogP contribution is 2.40. The quantitative estimate of drug-likeness (QED) is 0.179. The van der Waals surface area contributed by atoms with Crippen LogP contribution in [0.2, 0.25) is 0 Å². The Balaban J connectivity index is 1.53. The van der Waals surface area contributed by atoms with E-state index in [2.05, 4.69) is 20.3 Å². The average Bonchev–Trinajstić information content (AvgIpc) is 3.47. The Kier molecular flexibility index (Phi) is 10.0. The first-order valence-electron chi connectivity index (χ1n) is 15.4. The molecule has 5 rings (SSSR count). The minimum absolute atomic E-state index is 0.00262. The van der Waals surface area contributed by atoms with Crippen molar-refractivity contribution in [2.24, 2.45) is 7.05 Å². The highest BCUT2D eigenvalue weighted by Gasteiger charge is 2.39. The summed E-state index contributed by atoms with van der Waals surface area (Å²) in [6.45, 7) is 1.65. The number of hydrogen-bond acceptors (Lipinski definition) is 6. The van der Waals surface area contributed by atoms with Crippen molar-refractivity contribution in [3.63, 3.8) is 0 Å². The fraction of sp³-hybridized carbons (Fsp3) is 0.424. The Morgan fingerprint density at radius 1 is 0.796 bits per heavy atom. The Morgan fingerprint density at radius 2 is 1.39 bits per heavy atom. The summed E-state index contributed by atoms with van der Waals surface area (Å²) >= 11 is 0. The van der Waals surface area contributed by atoms with Crippen molar-refractivity contribution < 1.29 is 44.6 Å². The van der Waals surface area contributed by atoms with Gasteiger partial charge in [0.1, 0.15) is 0 Å². The van der Waals surface area contributed by atoms with Gasteiger partial charge in [-0.2, -0.15) is 44.3 Å². The fourth-order valence-electron chi connectivity index (χ4n) is 6.30. The minimum Gasteiger partial charge on any atom is -0.385 e. The lowest BCUT2D eigenvalue weighted by Gasteiger charge is -2.42. The molecule has 1 unspecified atom stereocenters. The number of piperidine rings is 1. The molecule has 16 heteroatoms. The third kappa shape index (κ3) is 8.35. The van der Waals surface area contributed by atoms with Gasteiger partial charge in [0.25, 0.3) is 5.95 Å². The molecule has 0 bridgehead atoms. The SMILES string of the molecule is CCC(c1ccc(C(F)(F)F)cc1CN(Cc1cc(C(F)(F)F)cc(C(F)(F)F)c1)c1nnn(C)n1)N1CCC(O)(c2ccccc2)CC1. The summed E-state index contributed by atoms with van der Waals surface area (Å²) in [6.07, 6.45) is -13.8. The number of aryl methyl sites for hydroxylation is 1. The second kappa shape index (κ2) is 13.6. The Labute approximate surface area is 275 Å². The first-order valence-corrected chi connectivity index (χ1v) is 15.4. The third-order valence-electron chi connectivity index (χ3n) is 8.76. The molecule has 1 aliphatic rings. The van der Waals surface area contributed by atoms with E-state index < -0.39 is 65.5 Å². The molecule has 264 valence electrons. The molecule has 0 spiro atoms. The van der Waals surface area contributed by atoms with Crippen molar-refractivity contribution >= 4 is 5.95 Å². The lowest BCUT2D eigenvalue weighted by Crippen LogP contribution is -2.44. The number of rotatable bonds is 9. The number of anilines is 1. The smallest absolute Gasteiger partial charge is 0.385 e. The summed E-state index contributed by atoms with van der Waals surface area (Å²) in [5.41, 5.74) is -4.18. The molecule has 1 aromatic heterocycles. The lowest BCUT2D eigenvalue weighted by atomic mass is 9.83. The number of aliphatic hydroxyl groups is 1. The standard InChI is InChI=1S/C33H33F9N6O/c1-3-28(47-13-11-30(49,12-14-47)23-7-5-4-6-8-23)27-10-9-24(31(34,35)36)17-22(27)20-48(29-43-45-46(2)44-29)19-21-15-25(32(37,38)39)18-26(16-21)33(40,41)42/h4-10,15-18,28,49H,3,11-14,19-20H2,1-2H3. The van der Waals surface area contributed by atoms with Gasteiger partial charge in [-0.3, -0.25) is 4.90 Å². The minimum atomic E-state index is -5.10. The van der Waals surface area contributed by atoms with E-state index in [0.717, 1.165) is 22.5 Å². The van der Waals surface area contributed by atoms with Gasteiger partial charge in [-0.15, -0.1) is 5.10 Å². The maximum Gasteiger partial charge on any atom is 0.416 e. The molecule has 7 nitrogen and oxygen atoms in total. The number of benzene rings is 3. The van der Waals surface area contributed by atoms with Crippen molar-refractivity contribution in [1.82, 2.24) is 25.1 Å². The van der Waals surface area contributed by atoms with E-state index in [0.29, 0.717) is 50.0 Å². The molecule has 1 fully saturated rings. The number of likely N-dealkylation sites (tertiary alicyclic amines) is 1. The molecule has 3 aromatic carbocycles. The van der Waals surface area contributed by atoms with E-state index in [-0.39, 0.29) is 17.6 Å². The van der Waals surface area contributed by atoms with E-state index in [4.69, 9.17) is 0 Å². The zero-order valence-electron chi connectivity index (χ0n) is 26.4. The summed E-state index contributed by atoms with van der Waals surface area (Å²) < 4.78 is 124. The molecule has 0 saturated carbocycles. The molecule has 1 N–H and O–H groups in total. The topological polar surface area (TPSA) is 70.3 Å². The summed E-state index contributed by atoms with van der Waals surface area (Å²) in [6, 6.07) is 13.1. The summed E-state index contributed by atoms with van der Waals surface area (Å²) in [5, 5.41) is 23.0. The van der Waals surface area contributed by atoms with Crippen molar-refractivity contribution in [3.05, 3.63) is 106 Å². The van der Waals surface area contributed by atoms with Crippen LogP contribution in [-0.4, -0.2) is 43.3 Å². The predicted molar refractivity (Wildman–Crippen MR) is 161 cm³/mol. The molecule has 0 aliphatic carbocycles. The molecule has 49 heavy (non-hydrogen) atoms. The Hall–Kier alpha value is -4.18. The van der Waals surface area contributed by atoms with Crippen molar-refractivity contribution in [1.29, 1.82) is 0 Å². The van der Waals surface area contributed by atoms with E-state index in [1.54, 1.807) is 0 Å². The van der Waals surface area contributed by atoms with Gasteiger partial charge >= 0.3 is 18.5 Å². The first kappa shape index (κ1) is 36.1. The van der Waals surface area contributed by atoms with Gasteiger partial charge < -0.3 is 10.0 Å². The van der Waals surface area contributed by atoms with Gasteiger partial charge in [-0.05, 0) is 77.1 Å². The largest absolute Gasteiger partial charge is 0.416 e. The number of alkyl halides is 9. The summed E-state index contributed by atoms with van der Waals surface area (Å²) in [5.74, 6) is -0.212. The Morgan fingerprint density at radius 3 is 1.90 bits per heavy atom. The number of hydrogen-bond donors (Lipinski definition) is 1. The van der Waals surface area contributed by atoms with E-state index >= 15 is 0 Å². The number of tetrazole rings is 1. The maximum absolute atomic E-state index is 14.0. The monoisotopic (exact) mass is 700 g/mol. The molecule has 1 saturated heterocycles. The normalized spacial score (nSPS) is 16.5. The molecule has 1 aliphatic heterocycles. The van der Waals surface area contributed by atoms with E-state index in [9.17, 15) is 44.6 Å². The predicted octanol–water partition coefficient (Wildman–Crippen LogP) is 7.91. The van der Waals surface area contributed by atoms with Gasteiger partial charge in [0, 0.05) is 32.2 Å². The van der Waals surface area contributed by atoms with Crippen LogP contribution in [0.15, 0.2) is 66.7 Å². The molecule has 1 atom stereocenters. The molecule has 4 aromatic rings. The van der Waals surface area contributed by atoms with Crippen LogP contribution in [0.1, 0.15) is 71.2 Å². The zero-order chi connectivity index (χ0) is 35.8. The molecule has 0 radical (unpaired) electrons. The molecular formula is C33H33F9N6O. The van der Waals surface area contributed by atoms with Crippen LogP contribution < -0.4 is 4.90 Å². The van der Waals surface area contributed by atoms with Gasteiger partial charge in [-0.25, -0.2) is 0 Å². The summed E-state index contributed by atoms with van der Waals surface area (Å²) in [7, 11) is 1.39. The highest BCUT2D eigenvalue weighted by molar-refractivity contribution is 5.42. The van der Waals surface area contributed by atoms with Gasteiger partial charge in [0.05, 0.1) is 29.3 Å². The van der Waals surface area contributed by atoms with Crippen molar-refractivity contribution in [3.8, 4) is 0 Å². The third-order valence-corrected chi connectivity index (χ3v) is 8.76. The molecule has 2 heterocycles. The van der Waals surface area contributed by atoms with E-state index in [1.807, 2.05) is 37.3 Å². The Bertz CT molecular complexity index is 1700. The average molecular weight is 701 g/mol. The first-order chi connectivity index (χ1) is 22.9. The second-order valence-electron chi connectivity index (χ2n) is 12.1. The van der Waals surface area contributed by atoms with Gasteiger partial charge in [0.2, 0.25) is 0 Å². The highest BCUT2D eigenvalue weighted by atomic mass is 19.4. The number of nitrogens with zero attached hydrogens (tertiary/aromatic N) is 6. The lowest BCUT2D eigenvalue weighted by molar-refractivity contribution is -0.143. The zero-order valence-corrected chi connectivity index (χ0v) is 26.4. The van der Waals surface area contributed by atoms with Crippen LogP contribution in [0, 0.1) is 0 Å². The summed E-state index contributed by atoms with van der Waals surface area (Å²) in [4.78, 5) is 4.26. The second-order valence-corrected chi connectivity index (χ2v) is 12.1. The van der Waals surface area contributed by atoms with Crippen LogP contribution in [0.25, 0.3) is 0 Å². The van der Waals surface area contributed by atoms with Gasteiger partial charge in [-0.1, -0.05) is 48.4 Å². The molecule has 0 amide bonds. The molecular weight excluding hydrogens is 667 g/mol. The van der Waals surface area contributed by atoms with E-state index in [1.165, 1.54) is 18.0 Å². The van der Waals surface area contributed by atoms with Crippen molar-refractivity contribution in [2.45, 2.75) is 69.4 Å². The van der Waals surface area contributed by atoms with Crippen LogP contribution in [-0.2, 0) is 44.3 Å². The van der Waals surface area contributed by atoms with Crippen molar-refractivity contribution in [2.75, 3.05) is 18.0 Å². The van der Waals surface area contributed by atoms with Crippen LogP contribution >= 0.6 is 0 Å². The van der Waals surface area contributed by atoms with Crippen LogP contribution in [0.4, 0.5) is 45.5 Å². The number of aromatic nitrogens is 4. The van der Waals surface area contributed by atoms with Crippen LogP contribution in [0.5, 0.6) is 0 Å².